The molecule has 174 valence electrons. The van der Waals surface area contributed by atoms with Crippen LogP contribution in [0.1, 0.15) is 57.0 Å². The molecule has 1 aromatic carbocycles. The first kappa shape index (κ1) is 25.5. The van der Waals surface area contributed by atoms with Gasteiger partial charge in [0.2, 0.25) is 5.91 Å². The van der Waals surface area contributed by atoms with Crippen LogP contribution in [-0.2, 0) is 21.1 Å². The number of hydrogen-bond donors (Lipinski definition) is 2. The zero-order valence-corrected chi connectivity index (χ0v) is 20.3. The van der Waals surface area contributed by atoms with E-state index < -0.39 is 17.9 Å². The third-order valence-corrected chi connectivity index (χ3v) is 5.43. The average molecular weight is 461 g/mol. The van der Waals surface area contributed by atoms with Crippen LogP contribution in [0.5, 0.6) is 0 Å². The van der Waals surface area contributed by atoms with E-state index in [0.717, 1.165) is 5.56 Å². The number of hydrogen-bond acceptors (Lipinski definition) is 6. The Morgan fingerprint density at radius 1 is 1.25 bits per heavy atom. The number of anilines is 1. The van der Waals surface area contributed by atoms with Gasteiger partial charge in [0, 0.05) is 29.2 Å². The first-order valence-corrected chi connectivity index (χ1v) is 11.3. The Morgan fingerprint density at radius 3 is 2.53 bits per heavy atom. The highest BCUT2D eigenvalue weighted by Gasteiger charge is 2.19. The van der Waals surface area contributed by atoms with Gasteiger partial charge in [0.25, 0.3) is 5.91 Å². The van der Waals surface area contributed by atoms with Crippen LogP contribution in [0.2, 0.25) is 0 Å². The third kappa shape index (κ3) is 7.42. The lowest BCUT2D eigenvalue weighted by Gasteiger charge is -2.18. The molecule has 0 bridgehead atoms. The second-order valence-corrected chi connectivity index (χ2v) is 10.1. The van der Waals surface area contributed by atoms with Crippen LogP contribution in [-0.4, -0.2) is 28.4 Å². The van der Waals surface area contributed by atoms with Gasteiger partial charge in [-0.1, -0.05) is 34.6 Å². The van der Waals surface area contributed by atoms with Crippen molar-refractivity contribution in [1.82, 2.24) is 4.57 Å². The minimum Gasteiger partial charge on any atom is -0.443 e. The highest BCUT2D eigenvalue weighted by molar-refractivity contribution is 7.07. The van der Waals surface area contributed by atoms with Crippen LogP contribution in [0.3, 0.4) is 0 Å². The largest absolute Gasteiger partial charge is 0.443 e. The van der Waals surface area contributed by atoms with E-state index in [1.165, 1.54) is 11.3 Å². The third-order valence-electron chi connectivity index (χ3n) is 4.63. The summed E-state index contributed by atoms with van der Waals surface area (Å²) in [6.07, 6.45) is 2.08. The molecule has 0 unspecified atom stereocenters. The molecule has 0 saturated heterocycles. The van der Waals surface area contributed by atoms with E-state index in [9.17, 15) is 14.4 Å². The maximum absolute atomic E-state index is 12.7. The summed E-state index contributed by atoms with van der Waals surface area (Å²) in [6.45, 7) is 11.4. The second kappa shape index (κ2) is 10.7. The molecule has 9 heteroatoms. The molecule has 1 heterocycles. The first-order valence-electron chi connectivity index (χ1n) is 10.4. The molecule has 8 nitrogen and oxygen atoms in total. The van der Waals surface area contributed by atoms with E-state index in [0.29, 0.717) is 22.5 Å². The number of aryl methyl sites for hydroxylation is 1. The number of ether oxygens (including phenoxy) is 1. The van der Waals surface area contributed by atoms with Gasteiger partial charge in [0.1, 0.15) is 6.04 Å². The van der Waals surface area contributed by atoms with Crippen LogP contribution >= 0.6 is 11.3 Å². The lowest BCUT2D eigenvalue weighted by Crippen LogP contribution is -2.37. The summed E-state index contributed by atoms with van der Waals surface area (Å²) >= 11 is 1.26. The molecule has 0 fully saturated rings. The summed E-state index contributed by atoms with van der Waals surface area (Å²) in [4.78, 5) is 41.4. The fourth-order valence-electron chi connectivity index (χ4n) is 2.75. The number of thiazole rings is 1. The van der Waals surface area contributed by atoms with E-state index in [4.69, 9.17) is 10.5 Å². The number of benzene rings is 1. The van der Waals surface area contributed by atoms with Crippen molar-refractivity contribution in [3.63, 3.8) is 0 Å². The molecule has 3 N–H and O–H groups in total. The van der Waals surface area contributed by atoms with Crippen molar-refractivity contribution in [3.05, 3.63) is 45.7 Å². The molecule has 0 saturated carbocycles. The van der Waals surface area contributed by atoms with Gasteiger partial charge in [-0.3, -0.25) is 19.0 Å². The summed E-state index contributed by atoms with van der Waals surface area (Å²) in [5, 5.41) is 4.64. The normalized spacial score (nSPS) is 13.2. The number of carbonyl (C=O) groups is 3. The maximum Gasteiger partial charge on any atom is 0.324 e. The molecular weight excluding hydrogens is 428 g/mol. The smallest absolute Gasteiger partial charge is 0.324 e. The minimum absolute atomic E-state index is 0.0369. The number of esters is 1. The van der Waals surface area contributed by atoms with Crippen molar-refractivity contribution in [2.75, 3.05) is 5.32 Å². The molecule has 1 aromatic heterocycles. The maximum atomic E-state index is 12.7. The molecule has 2 amide bonds. The molecule has 0 aliphatic rings. The zero-order valence-electron chi connectivity index (χ0n) is 19.5. The molecule has 1 atom stereocenters. The number of rotatable bonds is 7. The second-order valence-electron chi connectivity index (χ2n) is 9.25. The quantitative estimate of drug-likeness (QED) is 0.614. The molecular formula is C23H32N4O4S. The Balaban J connectivity index is 2.11. The zero-order chi connectivity index (χ0) is 24.1. The van der Waals surface area contributed by atoms with Crippen molar-refractivity contribution < 1.29 is 19.1 Å². The van der Waals surface area contributed by atoms with Crippen LogP contribution in [0.15, 0.2) is 34.8 Å². The Labute approximate surface area is 192 Å². The van der Waals surface area contributed by atoms with Crippen molar-refractivity contribution in [2.24, 2.45) is 22.1 Å². The summed E-state index contributed by atoms with van der Waals surface area (Å²) in [7, 11) is 0. The minimum atomic E-state index is -0.707. The fourth-order valence-corrected chi connectivity index (χ4v) is 3.47. The Kier molecular flexibility index (Phi) is 8.51. The highest BCUT2D eigenvalue weighted by Crippen LogP contribution is 2.22. The Bertz CT molecular complexity index is 1050. The standard InChI is InChI=1S/C23H32N4O4S/c1-14(2)19(24)21(30)31-13-27-9-10-32-22(27)26-20(29)16-7-8-17(15(3)11-16)25-18(28)12-23(4,5)6/h7-11,14,19H,12-13,24H2,1-6H3,(H,25,28)/b26-22-/t19-/m0/s1. The van der Waals surface area contributed by atoms with Gasteiger partial charge >= 0.3 is 5.97 Å². The lowest BCUT2D eigenvalue weighted by atomic mass is 9.92. The van der Waals surface area contributed by atoms with Crippen molar-refractivity contribution in [2.45, 2.75) is 60.7 Å². The van der Waals surface area contributed by atoms with E-state index in [2.05, 4.69) is 10.3 Å². The molecule has 0 spiro atoms. The van der Waals surface area contributed by atoms with E-state index in [1.54, 1.807) is 34.3 Å². The molecule has 32 heavy (non-hydrogen) atoms. The van der Waals surface area contributed by atoms with Crippen LogP contribution < -0.4 is 15.9 Å². The summed E-state index contributed by atoms with van der Waals surface area (Å²) in [5.41, 5.74) is 7.51. The number of nitrogens with zero attached hydrogens (tertiary/aromatic N) is 2. The monoisotopic (exact) mass is 460 g/mol. The number of amides is 2. The SMILES string of the molecule is Cc1cc(C(=O)/N=c2\sccn2COC(=O)[C@@H](N)C(C)C)ccc1NC(=O)CC(C)(C)C. The Morgan fingerprint density at radius 2 is 1.94 bits per heavy atom. The average Bonchev–Trinajstić information content (AvgIpc) is 3.12. The predicted molar refractivity (Wildman–Crippen MR) is 125 cm³/mol. The van der Waals surface area contributed by atoms with Gasteiger partial charge in [-0.05, 0) is 42.0 Å². The summed E-state index contributed by atoms with van der Waals surface area (Å²) in [5.74, 6) is -1.04. The molecule has 0 aliphatic carbocycles. The van der Waals surface area contributed by atoms with E-state index in [1.807, 2.05) is 41.5 Å². The number of nitrogens with two attached hydrogens (primary N) is 1. The summed E-state index contributed by atoms with van der Waals surface area (Å²) < 4.78 is 6.81. The molecule has 2 aromatic rings. The van der Waals surface area contributed by atoms with Gasteiger partial charge in [0.15, 0.2) is 11.5 Å². The van der Waals surface area contributed by atoms with Crippen LogP contribution in [0.25, 0.3) is 0 Å². The van der Waals surface area contributed by atoms with Crippen LogP contribution in [0.4, 0.5) is 5.69 Å². The summed E-state index contributed by atoms with van der Waals surface area (Å²) in [6, 6.07) is 4.32. The van der Waals surface area contributed by atoms with Crippen molar-refractivity contribution >= 4 is 34.8 Å². The van der Waals surface area contributed by atoms with E-state index in [-0.39, 0.29) is 24.0 Å². The number of aromatic nitrogens is 1. The lowest BCUT2D eigenvalue weighted by molar-refractivity contribution is -0.150. The number of carbonyl (C=O) groups excluding carboxylic acids is 3. The molecule has 0 radical (unpaired) electrons. The van der Waals surface area contributed by atoms with Gasteiger partial charge in [-0.2, -0.15) is 4.99 Å². The fraction of sp³-hybridized carbons (Fsp3) is 0.478. The topological polar surface area (TPSA) is 116 Å². The van der Waals surface area contributed by atoms with Gasteiger partial charge < -0.3 is 15.8 Å². The van der Waals surface area contributed by atoms with Gasteiger partial charge in [0.05, 0.1) is 0 Å². The highest BCUT2D eigenvalue weighted by atomic mass is 32.1. The van der Waals surface area contributed by atoms with Gasteiger partial charge in [-0.15, -0.1) is 11.3 Å². The van der Waals surface area contributed by atoms with Gasteiger partial charge in [-0.25, -0.2) is 0 Å². The van der Waals surface area contributed by atoms with E-state index >= 15 is 0 Å². The predicted octanol–water partition coefficient (Wildman–Crippen LogP) is 3.46. The van der Waals surface area contributed by atoms with Crippen molar-refractivity contribution in [1.29, 1.82) is 0 Å². The Hall–Kier alpha value is -2.78. The van der Waals surface area contributed by atoms with Crippen molar-refractivity contribution in [3.8, 4) is 0 Å². The number of nitrogens with one attached hydrogen (secondary N) is 1. The molecule has 2 rings (SSSR count). The molecule has 0 aliphatic heterocycles. The van der Waals surface area contributed by atoms with Crippen LogP contribution in [0, 0.1) is 18.3 Å². The first-order chi connectivity index (χ1) is 14.9.